The van der Waals surface area contributed by atoms with Gasteiger partial charge in [-0.05, 0) is 54.4 Å². The molecule has 2 aromatic heterocycles. The van der Waals surface area contributed by atoms with Crippen molar-refractivity contribution in [1.29, 1.82) is 0 Å². The number of amides is 1. The Hall–Kier alpha value is -3.40. The van der Waals surface area contributed by atoms with E-state index in [-0.39, 0.29) is 17.3 Å². The van der Waals surface area contributed by atoms with Crippen LogP contribution in [0.5, 0.6) is 0 Å². The van der Waals surface area contributed by atoms with Gasteiger partial charge in [0.15, 0.2) is 0 Å². The van der Waals surface area contributed by atoms with Gasteiger partial charge in [-0.2, -0.15) is 0 Å². The number of carbonyl (C=O) groups is 1. The molecule has 7 nitrogen and oxygen atoms in total. The fourth-order valence-corrected chi connectivity index (χ4v) is 6.72. The van der Waals surface area contributed by atoms with Gasteiger partial charge in [0.2, 0.25) is 10.0 Å². The van der Waals surface area contributed by atoms with Crippen molar-refractivity contribution in [3.8, 4) is 0 Å². The molecule has 3 heterocycles. The highest BCUT2D eigenvalue weighted by Crippen LogP contribution is 2.41. The molecule has 0 aliphatic carbocycles. The quantitative estimate of drug-likeness (QED) is 0.249. The second-order valence-electron chi connectivity index (χ2n) is 9.12. The lowest BCUT2D eigenvalue weighted by molar-refractivity contribution is 0.0950. The van der Waals surface area contributed by atoms with Crippen LogP contribution in [0.3, 0.4) is 0 Å². The number of rotatable bonds is 4. The highest BCUT2D eigenvalue weighted by molar-refractivity contribution is 9.10. The van der Waals surface area contributed by atoms with Gasteiger partial charge in [0, 0.05) is 44.9 Å². The normalized spacial score (nSPS) is 18.2. The molecule has 6 rings (SSSR count). The molecule has 0 bridgehead atoms. The first-order chi connectivity index (χ1) is 17.3. The van der Waals surface area contributed by atoms with Crippen molar-refractivity contribution in [2.24, 2.45) is 0 Å². The van der Waals surface area contributed by atoms with Crippen molar-refractivity contribution in [2.75, 3.05) is 6.54 Å². The molecule has 9 heteroatoms. The summed E-state index contributed by atoms with van der Waals surface area (Å²) in [7, 11) is -3.87. The van der Waals surface area contributed by atoms with Crippen molar-refractivity contribution in [3.05, 3.63) is 99.8 Å². The van der Waals surface area contributed by atoms with E-state index in [9.17, 15) is 13.2 Å². The van der Waals surface area contributed by atoms with Gasteiger partial charge < -0.3 is 15.3 Å². The summed E-state index contributed by atoms with van der Waals surface area (Å²) in [6.07, 6.45) is 1.91. The number of fused-ring (bicyclic) bond motifs is 4. The van der Waals surface area contributed by atoms with Crippen molar-refractivity contribution in [1.82, 2.24) is 20.0 Å². The molecule has 3 aromatic carbocycles. The van der Waals surface area contributed by atoms with Gasteiger partial charge in [-0.25, -0.2) is 13.1 Å². The van der Waals surface area contributed by atoms with Gasteiger partial charge in [0.1, 0.15) is 5.69 Å². The minimum atomic E-state index is -3.87. The average molecular weight is 563 g/mol. The molecule has 182 valence electrons. The Morgan fingerprint density at radius 1 is 0.972 bits per heavy atom. The molecule has 5 aromatic rings. The second kappa shape index (κ2) is 8.62. The lowest BCUT2D eigenvalue weighted by Crippen LogP contribution is -2.45. The van der Waals surface area contributed by atoms with E-state index >= 15 is 0 Å². The molecular weight excluding hydrogens is 540 g/mol. The number of hydrogen-bond acceptors (Lipinski definition) is 3. The Kier molecular flexibility index (Phi) is 5.51. The molecule has 2 atom stereocenters. The van der Waals surface area contributed by atoms with Crippen LogP contribution in [0, 0.1) is 6.92 Å². The molecule has 0 unspecified atom stereocenters. The zero-order valence-corrected chi connectivity index (χ0v) is 21.7. The van der Waals surface area contributed by atoms with Crippen molar-refractivity contribution < 1.29 is 13.2 Å². The predicted molar refractivity (Wildman–Crippen MR) is 144 cm³/mol. The largest absolute Gasteiger partial charge is 0.361 e. The maximum atomic E-state index is 13.5. The van der Waals surface area contributed by atoms with Crippen molar-refractivity contribution in [2.45, 2.75) is 23.8 Å². The van der Waals surface area contributed by atoms with Gasteiger partial charge >= 0.3 is 0 Å². The summed E-state index contributed by atoms with van der Waals surface area (Å²) >= 11 is 3.57. The molecule has 1 aliphatic rings. The van der Waals surface area contributed by atoms with Crippen LogP contribution in [0.1, 0.15) is 33.1 Å². The number of hydrogen-bond donors (Lipinski definition) is 4. The Labute approximate surface area is 216 Å². The number of nitrogens with one attached hydrogen (secondary N) is 4. The Morgan fingerprint density at radius 3 is 2.56 bits per heavy atom. The number of benzene rings is 3. The molecule has 0 saturated heterocycles. The Balaban J connectivity index is 1.57. The van der Waals surface area contributed by atoms with Crippen LogP contribution in [0.25, 0.3) is 21.8 Å². The molecule has 0 saturated carbocycles. The van der Waals surface area contributed by atoms with Crippen LogP contribution >= 0.6 is 15.9 Å². The summed E-state index contributed by atoms with van der Waals surface area (Å²) < 4.78 is 30.8. The Morgan fingerprint density at radius 2 is 1.75 bits per heavy atom. The molecule has 1 amide bonds. The zero-order chi connectivity index (χ0) is 25.0. The average Bonchev–Trinajstić information content (AvgIpc) is 3.41. The summed E-state index contributed by atoms with van der Waals surface area (Å²) in [6.45, 7) is 2.04. The second-order valence-corrected chi connectivity index (χ2v) is 11.8. The van der Waals surface area contributed by atoms with E-state index in [2.05, 4.69) is 35.9 Å². The number of aryl methyl sites for hydroxylation is 1. The molecular formula is C27H23BrN4O3S. The molecule has 0 fully saturated rings. The van der Waals surface area contributed by atoms with E-state index in [1.807, 2.05) is 55.6 Å². The van der Waals surface area contributed by atoms with Crippen LogP contribution in [-0.4, -0.2) is 36.9 Å². The number of aromatic amines is 2. The van der Waals surface area contributed by atoms with Gasteiger partial charge in [-0.15, -0.1) is 0 Å². The summed E-state index contributed by atoms with van der Waals surface area (Å²) in [5, 5.41) is 4.78. The maximum absolute atomic E-state index is 13.5. The van der Waals surface area contributed by atoms with Gasteiger partial charge in [-0.3, -0.25) is 4.79 Å². The minimum Gasteiger partial charge on any atom is -0.361 e. The number of halogens is 1. The number of carbonyl (C=O) groups excluding carboxylic acids is 1. The summed E-state index contributed by atoms with van der Waals surface area (Å²) in [6, 6.07) is 19.8. The third-order valence-electron chi connectivity index (χ3n) is 6.82. The molecule has 0 spiro atoms. The van der Waals surface area contributed by atoms with Crippen molar-refractivity contribution in [3.63, 3.8) is 0 Å². The Bertz CT molecular complexity index is 1740. The zero-order valence-electron chi connectivity index (χ0n) is 19.3. The standard InChI is InChI=1S/C27H23BrN4O3S/c1-15-6-9-17(10-7-15)36(34,35)32-23-14-30-27(33)26-25(18-4-2-3-5-22(18)31-26)24(23)20-13-29-21-11-8-16(28)12-19(20)21/h2-13,23-24,29,31-32H,14H2,1H3,(H,30,33)/t23-,24+/m1/s1. The molecule has 4 N–H and O–H groups in total. The van der Waals surface area contributed by atoms with Gasteiger partial charge in [0.05, 0.1) is 10.9 Å². The highest BCUT2D eigenvalue weighted by atomic mass is 79.9. The molecule has 0 radical (unpaired) electrons. The maximum Gasteiger partial charge on any atom is 0.268 e. The number of sulfonamides is 1. The van der Waals surface area contributed by atoms with Crippen molar-refractivity contribution >= 4 is 53.7 Å². The highest BCUT2D eigenvalue weighted by Gasteiger charge is 2.38. The first-order valence-corrected chi connectivity index (χ1v) is 13.8. The summed E-state index contributed by atoms with van der Waals surface area (Å²) in [5.41, 5.74) is 4.86. The monoisotopic (exact) mass is 562 g/mol. The fraction of sp³-hybridized carbons (Fsp3) is 0.148. The summed E-state index contributed by atoms with van der Waals surface area (Å²) in [5.74, 6) is -0.706. The SMILES string of the molecule is Cc1ccc(S(=O)(=O)N[C@@H]2CNC(=O)c3[nH]c4ccccc4c3[C@H]2c2c[nH]c3ccc(Br)cc23)cc1. The first kappa shape index (κ1) is 23.0. The smallest absolute Gasteiger partial charge is 0.268 e. The van der Waals surface area contributed by atoms with E-state index < -0.39 is 22.0 Å². The molecule has 36 heavy (non-hydrogen) atoms. The van der Waals surface area contributed by atoms with Crippen LogP contribution in [0.4, 0.5) is 0 Å². The number of para-hydroxylation sites is 1. The van der Waals surface area contributed by atoms with Gasteiger partial charge in [0.25, 0.3) is 5.91 Å². The van der Waals surface area contributed by atoms with Crippen LogP contribution in [0.15, 0.2) is 82.3 Å². The predicted octanol–water partition coefficient (Wildman–Crippen LogP) is 4.94. The van der Waals surface area contributed by atoms with Gasteiger partial charge in [-0.1, -0.05) is 51.8 Å². The van der Waals surface area contributed by atoms with E-state index in [1.54, 1.807) is 24.3 Å². The lowest BCUT2D eigenvalue weighted by Gasteiger charge is -2.27. The van der Waals surface area contributed by atoms with Crippen LogP contribution in [-0.2, 0) is 10.0 Å². The topological polar surface area (TPSA) is 107 Å². The third-order valence-corrected chi connectivity index (χ3v) is 8.82. The van der Waals surface area contributed by atoms with Crippen LogP contribution < -0.4 is 10.0 Å². The van der Waals surface area contributed by atoms with E-state index in [0.717, 1.165) is 43.0 Å². The minimum absolute atomic E-state index is 0.131. The first-order valence-electron chi connectivity index (χ1n) is 11.6. The van der Waals surface area contributed by atoms with Crippen LogP contribution in [0.2, 0.25) is 0 Å². The number of aromatic nitrogens is 2. The molecule has 1 aliphatic heterocycles. The van der Waals surface area contributed by atoms with E-state index in [1.165, 1.54) is 0 Å². The third kappa shape index (κ3) is 3.84. The number of H-pyrrole nitrogens is 2. The fourth-order valence-electron chi connectivity index (χ4n) is 5.11. The van der Waals surface area contributed by atoms with E-state index in [0.29, 0.717) is 5.69 Å². The lowest BCUT2D eigenvalue weighted by atomic mass is 9.84. The summed E-state index contributed by atoms with van der Waals surface area (Å²) in [4.78, 5) is 20.0. The van der Waals surface area contributed by atoms with E-state index in [4.69, 9.17) is 0 Å².